The number of rotatable bonds is 13. The number of benzene rings is 2. The Bertz CT molecular complexity index is 1730. The van der Waals surface area contributed by atoms with E-state index in [2.05, 4.69) is 35.8 Å². The van der Waals surface area contributed by atoms with Crippen molar-refractivity contribution in [3.63, 3.8) is 0 Å². The summed E-state index contributed by atoms with van der Waals surface area (Å²) in [5, 5.41) is 35.7. The van der Waals surface area contributed by atoms with E-state index < -0.39 is 30.6 Å². The van der Waals surface area contributed by atoms with Gasteiger partial charge in [-0.1, -0.05) is 48.5 Å². The van der Waals surface area contributed by atoms with Crippen LogP contribution in [-0.2, 0) is 16.0 Å². The quantitative estimate of drug-likeness (QED) is 0.0999. The molecule has 0 saturated carbocycles. The van der Waals surface area contributed by atoms with Gasteiger partial charge in [-0.15, -0.1) is 0 Å². The number of aromatic nitrogens is 6. The molecule has 4 heterocycles. The van der Waals surface area contributed by atoms with Gasteiger partial charge in [0.15, 0.2) is 17.7 Å². The molecule has 2 aromatic carbocycles. The highest BCUT2D eigenvalue weighted by Crippen LogP contribution is 2.34. The smallest absolute Gasteiger partial charge is 0.236 e. The van der Waals surface area contributed by atoms with Crippen LogP contribution >= 0.6 is 0 Å². The molecule has 3 aromatic heterocycles. The molecule has 1 aliphatic heterocycles. The van der Waals surface area contributed by atoms with Crippen molar-refractivity contribution >= 4 is 28.6 Å². The molecular weight excluding hydrogens is 588 g/mol. The van der Waals surface area contributed by atoms with Crippen molar-refractivity contribution in [1.82, 2.24) is 35.0 Å². The number of nitrogen functional groups attached to an aromatic ring is 1. The SMILES string of the molecule is Nc1ncnc2c1ncn2C1OC(C[C@H](CC[C@H](N)C(=O)NCCc2cc(-c3ccccc3)n[nH]2)Nc2ccccc2)C(O)C1O. The van der Waals surface area contributed by atoms with Gasteiger partial charge in [0.1, 0.15) is 24.1 Å². The Morgan fingerprint density at radius 3 is 2.57 bits per heavy atom. The lowest BCUT2D eigenvalue weighted by Crippen LogP contribution is -2.42. The normalized spacial score (nSPS) is 20.8. The second-order valence-electron chi connectivity index (χ2n) is 11.4. The van der Waals surface area contributed by atoms with Gasteiger partial charge in [0, 0.05) is 36.0 Å². The molecule has 0 bridgehead atoms. The van der Waals surface area contributed by atoms with Crippen molar-refractivity contribution in [1.29, 1.82) is 0 Å². The van der Waals surface area contributed by atoms with E-state index in [9.17, 15) is 15.0 Å². The van der Waals surface area contributed by atoms with Gasteiger partial charge in [-0.25, -0.2) is 15.0 Å². The molecule has 9 N–H and O–H groups in total. The molecule has 14 heteroatoms. The number of carbonyl (C=O) groups excluding carboxylic acids is 1. The number of imidazole rings is 1. The number of hydrogen-bond donors (Lipinski definition) is 7. The number of anilines is 2. The summed E-state index contributed by atoms with van der Waals surface area (Å²) in [4.78, 5) is 25.3. The van der Waals surface area contributed by atoms with E-state index in [1.54, 1.807) is 4.57 Å². The van der Waals surface area contributed by atoms with Crippen LogP contribution in [0.3, 0.4) is 0 Å². The molecule has 1 fully saturated rings. The summed E-state index contributed by atoms with van der Waals surface area (Å²) in [6.07, 6.45) is 0.527. The molecule has 14 nitrogen and oxygen atoms in total. The van der Waals surface area contributed by atoms with E-state index in [1.807, 2.05) is 66.7 Å². The van der Waals surface area contributed by atoms with Gasteiger partial charge in [-0.3, -0.25) is 14.5 Å². The molecule has 5 aromatic rings. The molecule has 0 radical (unpaired) electrons. The Morgan fingerprint density at radius 2 is 1.78 bits per heavy atom. The number of nitrogens with one attached hydrogen (secondary N) is 3. The topological polar surface area (TPSA) is 215 Å². The first-order chi connectivity index (χ1) is 22.4. The largest absolute Gasteiger partial charge is 0.388 e. The number of nitrogens with zero attached hydrogens (tertiary/aromatic N) is 5. The number of aliphatic hydroxyl groups is 2. The highest BCUT2D eigenvalue weighted by Gasteiger charge is 2.45. The minimum Gasteiger partial charge on any atom is -0.388 e. The zero-order chi connectivity index (χ0) is 32.0. The number of aliphatic hydroxyl groups excluding tert-OH is 2. The average molecular weight is 627 g/mol. The summed E-state index contributed by atoms with van der Waals surface area (Å²) in [5.74, 6) is -0.0403. The van der Waals surface area contributed by atoms with Crippen molar-refractivity contribution in [2.24, 2.45) is 5.73 Å². The van der Waals surface area contributed by atoms with Crippen molar-refractivity contribution in [2.75, 3.05) is 17.6 Å². The highest BCUT2D eigenvalue weighted by molar-refractivity contribution is 5.81. The number of amides is 1. The summed E-state index contributed by atoms with van der Waals surface area (Å²) in [7, 11) is 0. The third-order valence-electron chi connectivity index (χ3n) is 8.22. The van der Waals surface area contributed by atoms with Crippen LogP contribution in [0.1, 0.15) is 31.2 Å². The van der Waals surface area contributed by atoms with Crippen LogP contribution in [0.5, 0.6) is 0 Å². The zero-order valence-electron chi connectivity index (χ0n) is 25.1. The maximum absolute atomic E-state index is 12.9. The van der Waals surface area contributed by atoms with Crippen LogP contribution in [0.25, 0.3) is 22.4 Å². The van der Waals surface area contributed by atoms with Gasteiger partial charge in [0.2, 0.25) is 5.91 Å². The molecule has 6 atom stereocenters. The van der Waals surface area contributed by atoms with E-state index in [1.165, 1.54) is 12.7 Å². The van der Waals surface area contributed by atoms with Crippen LogP contribution in [0.4, 0.5) is 11.5 Å². The van der Waals surface area contributed by atoms with Crippen LogP contribution in [0.2, 0.25) is 0 Å². The fourth-order valence-corrected chi connectivity index (χ4v) is 5.72. The number of nitrogens with two attached hydrogens (primary N) is 2. The van der Waals surface area contributed by atoms with E-state index in [0.717, 1.165) is 22.6 Å². The number of hydrogen-bond acceptors (Lipinski definition) is 11. The molecule has 4 unspecified atom stereocenters. The number of fused-ring (bicyclic) bond motifs is 1. The second-order valence-corrected chi connectivity index (χ2v) is 11.4. The van der Waals surface area contributed by atoms with Gasteiger partial charge >= 0.3 is 0 Å². The van der Waals surface area contributed by atoms with Crippen molar-refractivity contribution in [3.8, 4) is 11.3 Å². The van der Waals surface area contributed by atoms with E-state index in [-0.39, 0.29) is 17.8 Å². The average Bonchev–Trinajstić information content (AvgIpc) is 3.80. The Balaban J connectivity index is 1.05. The predicted molar refractivity (Wildman–Crippen MR) is 172 cm³/mol. The fraction of sp³-hybridized carbons (Fsp3) is 0.344. The number of para-hydroxylation sites is 1. The van der Waals surface area contributed by atoms with E-state index >= 15 is 0 Å². The maximum Gasteiger partial charge on any atom is 0.236 e. The lowest BCUT2D eigenvalue weighted by atomic mass is 9.97. The first kappa shape index (κ1) is 31.1. The first-order valence-corrected chi connectivity index (χ1v) is 15.3. The third kappa shape index (κ3) is 7.00. The summed E-state index contributed by atoms with van der Waals surface area (Å²) in [6.45, 7) is 0.412. The molecule has 240 valence electrons. The molecular formula is C32H38N10O4. The van der Waals surface area contributed by atoms with Crippen LogP contribution in [0, 0.1) is 0 Å². The lowest BCUT2D eigenvalue weighted by molar-refractivity contribution is -0.122. The standard InChI is InChI=1S/C32H38N10O4/c33-23(31(45)35-14-13-22-15-24(41-40-22)19-7-3-1-4-8-19)12-11-21(39-20-9-5-2-6-10-20)16-25-27(43)28(44)32(46-25)42-18-38-26-29(34)36-17-37-30(26)42/h1-10,15,17-18,21,23,25,27-28,32,39,43-44H,11-14,16,33H2,(H,35,45)(H,40,41)(H2,34,36,37)/t21-,23-,25?,27?,28?,32?/m0/s1. The molecule has 6 rings (SSSR count). The van der Waals surface area contributed by atoms with Gasteiger partial charge in [-0.05, 0) is 37.5 Å². The van der Waals surface area contributed by atoms with E-state index in [0.29, 0.717) is 43.4 Å². The van der Waals surface area contributed by atoms with Gasteiger partial charge in [0.25, 0.3) is 0 Å². The summed E-state index contributed by atoms with van der Waals surface area (Å²) < 4.78 is 7.74. The molecule has 1 amide bonds. The third-order valence-corrected chi connectivity index (χ3v) is 8.22. The highest BCUT2D eigenvalue weighted by atomic mass is 16.6. The van der Waals surface area contributed by atoms with Crippen molar-refractivity contribution in [2.45, 2.75) is 62.3 Å². The van der Waals surface area contributed by atoms with Crippen LogP contribution in [-0.4, -0.2) is 82.8 Å². The minimum absolute atomic E-state index is 0.208. The number of H-pyrrole nitrogens is 1. The molecule has 0 spiro atoms. The molecule has 1 saturated heterocycles. The molecule has 0 aliphatic carbocycles. The predicted octanol–water partition coefficient (Wildman–Crippen LogP) is 1.76. The zero-order valence-corrected chi connectivity index (χ0v) is 25.1. The van der Waals surface area contributed by atoms with Crippen LogP contribution in [0.15, 0.2) is 79.4 Å². The Kier molecular flexibility index (Phi) is 9.49. The van der Waals surface area contributed by atoms with Crippen molar-refractivity contribution in [3.05, 3.63) is 85.1 Å². The van der Waals surface area contributed by atoms with Gasteiger partial charge in [0.05, 0.1) is 24.2 Å². The maximum atomic E-state index is 12.9. The van der Waals surface area contributed by atoms with Crippen molar-refractivity contribution < 1.29 is 19.7 Å². The van der Waals surface area contributed by atoms with Crippen LogP contribution < -0.4 is 22.1 Å². The first-order valence-electron chi connectivity index (χ1n) is 15.3. The fourth-order valence-electron chi connectivity index (χ4n) is 5.72. The van der Waals surface area contributed by atoms with Gasteiger partial charge < -0.3 is 37.1 Å². The second kappa shape index (κ2) is 14.0. The Labute approximate surface area is 265 Å². The lowest BCUT2D eigenvalue weighted by Gasteiger charge is -2.25. The summed E-state index contributed by atoms with van der Waals surface area (Å²) in [6, 6.07) is 20.5. The minimum atomic E-state index is -1.23. The molecule has 1 aliphatic rings. The Hall–Kier alpha value is -4.89. The van der Waals surface area contributed by atoms with E-state index in [4.69, 9.17) is 16.2 Å². The van der Waals surface area contributed by atoms with Gasteiger partial charge in [-0.2, -0.15) is 5.10 Å². The summed E-state index contributed by atoms with van der Waals surface area (Å²) in [5.41, 5.74) is 16.7. The number of aromatic amines is 1. The number of carbonyl (C=O) groups is 1. The monoisotopic (exact) mass is 626 g/mol. The number of ether oxygens (including phenoxy) is 1. The Morgan fingerprint density at radius 1 is 1.02 bits per heavy atom. The summed E-state index contributed by atoms with van der Waals surface area (Å²) >= 11 is 0. The molecule has 46 heavy (non-hydrogen) atoms.